The third kappa shape index (κ3) is 4.71. The van der Waals surface area contributed by atoms with Crippen LogP contribution < -0.4 is 4.74 Å². The molecule has 1 aromatic carbocycles. The summed E-state index contributed by atoms with van der Waals surface area (Å²) in [6.07, 6.45) is 0.777. The van der Waals surface area contributed by atoms with Crippen molar-refractivity contribution in [3.05, 3.63) is 29.8 Å². The molecule has 5 nitrogen and oxygen atoms in total. The summed E-state index contributed by atoms with van der Waals surface area (Å²) in [5, 5.41) is 0. The number of piperidine rings is 1. The number of aryl methyl sites for hydroxylation is 1. The van der Waals surface area contributed by atoms with E-state index in [-0.39, 0.29) is 17.8 Å². The van der Waals surface area contributed by atoms with Crippen molar-refractivity contribution in [2.45, 2.75) is 39.7 Å². The van der Waals surface area contributed by atoms with Gasteiger partial charge in [0.15, 0.2) is 6.10 Å². The van der Waals surface area contributed by atoms with E-state index in [4.69, 9.17) is 9.47 Å². The van der Waals surface area contributed by atoms with E-state index in [1.165, 1.54) is 0 Å². The summed E-state index contributed by atoms with van der Waals surface area (Å²) in [5.41, 5.74) is 1.09. The molecule has 2 rings (SSSR count). The van der Waals surface area contributed by atoms with Gasteiger partial charge in [0.25, 0.3) is 5.91 Å². The van der Waals surface area contributed by atoms with Crippen LogP contribution in [-0.2, 0) is 14.3 Å². The largest absolute Gasteiger partial charge is 0.481 e. The first-order valence-electron chi connectivity index (χ1n) is 8.20. The van der Waals surface area contributed by atoms with Crippen molar-refractivity contribution in [2.75, 3.05) is 19.7 Å². The molecule has 5 heteroatoms. The molecule has 1 aliphatic rings. The van der Waals surface area contributed by atoms with Crippen molar-refractivity contribution in [1.29, 1.82) is 0 Å². The average Bonchev–Trinajstić information content (AvgIpc) is 2.54. The van der Waals surface area contributed by atoms with Crippen LogP contribution in [0.1, 0.15) is 32.3 Å². The van der Waals surface area contributed by atoms with Crippen LogP contribution in [0.15, 0.2) is 24.3 Å². The second kappa shape index (κ2) is 7.99. The predicted octanol–water partition coefficient (Wildman–Crippen LogP) is 2.56. The highest BCUT2D eigenvalue weighted by atomic mass is 16.5. The Labute approximate surface area is 137 Å². The third-order valence-electron chi connectivity index (χ3n) is 4.08. The Morgan fingerprint density at radius 1 is 1.30 bits per heavy atom. The molecule has 0 saturated carbocycles. The topological polar surface area (TPSA) is 55.8 Å². The molecule has 0 N–H and O–H groups in total. The van der Waals surface area contributed by atoms with Crippen molar-refractivity contribution < 1.29 is 19.1 Å². The van der Waals surface area contributed by atoms with E-state index in [9.17, 15) is 9.59 Å². The van der Waals surface area contributed by atoms with Gasteiger partial charge in [0.05, 0.1) is 12.5 Å². The number of benzene rings is 1. The summed E-state index contributed by atoms with van der Waals surface area (Å²) in [4.78, 5) is 26.0. The molecule has 1 fully saturated rings. The molecular formula is C18H25NO4. The smallest absolute Gasteiger partial charge is 0.309 e. The minimum atomic E-state index is -0.532. The van der Waals surface area contributed by atoms with Crippen LogP contribution in [0.3, 0.4) is 0 Å². The van der Waals surface area contributed by atoms with Crippen LogP contribution in [0.5, 0.6) is 5.75 Å². The molecule has 1 amide bonds. The van der Waals surface area contributed by atoms with Gasteiger partial charge in [-0.3, -0.25) is 9.59 Å². The first kappa shape index (κ1) is 17.3. The van der Waals surface area contributed by atoms with E-state index >= 15 is 0 Å². The lowest BCUT2D eigenvalue weighted by molar-refractivity contribution is -0.152. The van der Waals surface area contributed by atoms with Crippen LogP contribution in [-0.4, -0.2) is 42.6 Å². The van der Waals surface area contributed by atoms with Crippen LogP contribution in [0.25, 0.3) is 0 Å². The lowest BCUT2D eigenvalue weighted by Crippen LogP contribution is -2.45. The molecule has 1 aromatic rings. The molecule has 1 heterocycles. The fraction of sp³-hybridized carbons (Fsp3) is 0.556. The lowest BCUT2D eigenvalue weighted by atomic mass is 9.97. The Morgan fingerprint density at radius 3 is 2.61 bits per heavy atom. The fourth-order valence-electron chi connectivity index (χ4n) is 2.80. The van der Waals surface area contributed by atoms with Gasteiger partial charge in [-0.25, -0.2) is 0 Å². The minimum Gasteiger partial charge on any atom is -0.481 e. The average molecular weight is 319 g/mol. The van der Waals surface area contributed by atoms with Crippen LogP contribution in [0.2, 0.25) is 0 Å². The van der Waals surface area contributed by atoms with Gasteiger partial charge in [0, 0.05) is 13.1 Å². The van der Waals surface area contributed by atoms with E-state index in [1.807, 2.05) is 31.2 Å². The summed E-state index contributed by atoms with van der Waals surface area (Å²) < 4.78 is 10.8. The summed E-state index contributed by atoms with van der Waals surface area (Å²) in [7, 11) is 0. The van der Waals surface area contributed by atoms with Gasteiger partial charge in [0.1, 0.15) is 5.75 Å². The van der Waals surface area contributed by atoms with Gasteiger partial charge >= 0.3 is 5.97 Å². The number of amides is 1. The summed E-state index contributed by atoms with van der Waals surface area (Å²) >= 11 is 0. The Bertz CT molecular complexity index is 550. The maximum absolute atomic E-state index is 12.5. The predicted molar refractivity (Wildman–Crippen MR) is 87.2 cm³/mol. The standard InChI is InChI=1S/C18H25NO4/c1-4-22-18(21)15-8-10-19(11-9-15)17(20)14(3)23-16-7-5-6-13(2)12-16/h5-7,12,14-15H,4,8-11H2,1-3H3/t14-/m1/s1. The second-order valence-electron chi connectivity index (χ2n) is 5.93. The summed E-state index contributed by atoms with van der Waals surface area (Å²) in [6.45, 7) is 7.11. The molecule has 0 radical (unpaired) electrons. The highest BCUT2D eigenvalue weighted by Gasteiger charge is 2.30. The number of likely N-dealkylation sites (tertiary alicyclic amines) is 1. The number of nitrogens with zero attached hydrogens (tertiary/aromatic N) is 1. The zero-order valence-corrected chi connectivity index (χ0v) is 14.1. The van der Waals surface area contributed by atoms with Crippen LogP contribution in [0.4, 0.5) is 0 Å². The van der Waals surface area contributed by atoms with E-state index in [0.29, 0.717) is 38.3 Å². The number of hydrogen-bond acceptors (Lipinski definition) is 4. The highest BCUT2D eigenvalue weighted by Crippen LogP contribution is 2.21. The monoisotopic (exact) mass is 319 g/mol. The van der Waals surface area contributed by atoms with Gasteiger partial charge < -0.3 is 14.4 Å². The summed E-state index contributed by atoms with van der Waals surface area (Å²) in [6, 6.07) is 7.66. The minimum absolute atomic E-state index is 0.0335. The number of rotatable bonds is 5. The first-order chi connectivity index (χ1) is 11.0. The quantitative estimate of drug-likeness (QED) is 0.783. The van der Waals surface area contributed by atoms with Crippen molar-refractivity contribution in [3.8, 4) is 5.75 Å². The second-order valence-corrected chi connectivity index (χ2v) is 5.93. The van der Waals surface area contributed by atoms with Crippen molar-refractivity contribution >= 4 is 11.9 Å². The maximum Gasteiger partial charge on any atom is 0.309 e. The fourth-order valence-corrected chi connectivity index (χ4v) is 2.80. The number of carbonyl (C=O) groups excluding carboxylic acids is 2. The van der Waals surface area contributed by atoms with Gasteiger partial charge in [0.2, 0.25) is 0 Å². The highest BCUT2D eigenvalue weighted by molar-refractivity contribution is 5.81. The molecule has 1 atom stereocenters. The third-order valence-corrected chi connectivity index (χ3v) is 4.08. The van der Waals surface area contributed by atoms with Crippen molar-refractivity contribution in [2.24, 2.45) is 5.92 Å². The van der Waals surface area contributed by atoms with E-state index in [0.717, 1.165) is 5.56 Å². The van der Waals surface area contributed by atoms with Gasteiger partial charge in [-0.05, 0) is 51.3 Å². The van der Waals surface area contributed by atoms with E-state index in [1.54, 1.807) is 18.7 Å². The van der Waals surface area contributed by atoms with Crippen molar-refractivity contribution in [1.82, 2.24) is 4.90 Å². The van der Waals surface area contributed by atoms with E-state index < -0.39 is 6.10 Å². The van der Waals surface area contributed by atoms with Crippen LogP contribution >= 0.6 is 0 Å². The Hall–Kier alpha value is -2.04. The van der Waals surface area contributed by atoms with Gasteiger partial charge in [-0.2, -0.15) is 0 Å². The zero-order chi connectivity index (χ0) is 16.8. The molecule has 126 valence electrons. The maximum atomic E-state index is 12.5. The number of ether oxygens (including phenoxy) is 2. The Kier molecular flexibility index (Phi) is 6.02. The molecule has 1 aliphatic heterocycles. The molecule has 0 unspecified atom stereocenters. The molecule has 1 saturated heterocycles. The Morgan fingerprint density at radius 2 is 2.00 bits per heavy atom. The van der Waals surface area contributed by atoms with Crippen molar-refractivity contribution in [3.63, 3.8) is 0 Å². The molecule has 0 aliphatic carbocycles. The SMILES string of the molecule is CCOC(=O)C1CCN(C(=O)[C@@H](C)Oc2cccc(C)c2)CC1. The Balaban J connectivity index is 1.85. The lowest BCUT2D eigenvalue weighted by Gasteiger charge is -2.32. The van der Waals surface area contributed by atoms with Gasteiger partial charge in [-0.15, -0.1) is 0 Å². The number of esters is 1. The molecule has 0 bridgehead atoms. The molecule has 23 heavy (non-hydrogen) atoms. The molecule has 0 aromatic heterocycles. The number of hydrogen-bond donors (Lipinski definition) is 0. The summed E-state index contributed by atoms with van der Waals surface area (Å²) in [5.74, 6) is 0.428. The van der Waals surface area contributed by atoms with E-state index in [2.05, 4.69) is 0 Å². The van der Waals surface area contributed by atoms with Gasteiger partial charge in [-0.1, -0.05) is 12.1 Å². The molecular weight excluding hydrogens is 294 g/mol. The van der Waals surface area contributed by atoms with Crippen LogP contribution in [0, 0.1) is 12.8 Å². The first-order valence-corrected chi connectivity index (χ1v) is 8.20. The molecule has 0 spiro atoms. The number of carbonyl (C=O) groups is 2. The zero-order valence-electron chi connectivity index (χ0n) is 14.1. The normalized spacial score (nSPS) is 16.7.